The number of amides is 1. The van der Waals surface area contributed by atoms with E-state index in [-0.39, 0.29) is 5.91 Å². The van der Waals surface area contributed by atoms with Crippen molar-refractivity contribution in [3.8, 4) is 11.4 Å². The molecule has 0 unspecified atom stereocenters. The predicted octanol–water partition coefficient (Wildman–Crippen LogP) is 4.13. The highest BCUT2D eigenvalue weighted by Gasteiger charge is 2.30. The van der Waals surface area contributed by atoms with E-state index in [0.29, 0.717) is 11.8 Å². The molecule has 1 fully saturated rings. The highest BCUT2D eigenvalue weighted by atomic mass is 32.2. The minimum Gasteiger partial charge on any atom is -0.324 e. The molecule has 1 saturated carbocycles. The quantitative estimate of drug-likeness (QED) is 0.605. The van der Waals surface area contributed by atoms with Gasteiger partial charge in [0, 0.05) is 28.9 Å². The van der Waals surface area contributed by atoms with E-state index in [1.54, 1.807) is 24.2 Å². The van der Waals surface area contributed by atoms with E-state index in [1.807, 2.05) is 42.7 Å². The third-order valence-electron chi connectivity index (χ3n) is 4.21. The largest absolute Gasteiger partial charge is 0.324 e. The first-order valence-corrected chi connectivity index (χ1v) is 10.9. The fraction of sp³-hybridized carbons (Fsp3) is 0.263. The summed E-state index contributed by atoms with van der Waals surface area (Å²) >= 11 is 3.04. The molecule has 2 aromatic heterocycles. The van der Waals surface area contributed by atoms with Crippen LogP contribution in [0, 0.1) is 0 Å². The third kappa shape index (κ3) is 4.17. The Balaban J connectivity index is 1.47. The lowest BCUT2D eigenvalue weighted by Gasteiger charge is -2.10. The fourth-order valence-electron chi connectivity index (χ4n) is 2.79. The normalized spacial score (nSPS) is 13.5. The summed E-state index contributed by atoms with van der Waals surface area (Å²) in [6.45, 7) is 0. The Morgan fingerprint density at radius 1 is 1.22 bits per heavy atom. The minimum absolute atomic E-state index is 0.0465. The Morgan fingerprint density at radius 2 is 2.07 bits per heavy atom. The van der Waals surface area contributed by atoms with Gasteiger partial charge in [0.25, 0.3) is 0 Å². The lowest BCUT2D eigenvalue weighted by molar-refractivity contribution is -0.113. The number of hydrogen-bond donors (Lipinski definition) is 1. The Morgan fingerprint density at radius 3 is 2.81 bits per heavy atom. The van der Waals surface area contributed by atoms with Gasteiger partial charge >= 0.3 is 0 Å². The highest BCUT2D eigenvalue weighted by molar-refractivity contribution is 7.99. The van der Waals surface area contributed by atoms with Crippen molar-refractivity contribution in [2.45, 2.75) is 28.9 Å². The molecule has 1 aromatic carbocycles. The van der Waals surface area contributed by atoms with Gasteiger partial charge in [0.15, 0.2) is 11.0 Å². The Bertz CT molecular complexity index is 940. The zero-order valence-electron chi connectivity index (χ0n) is 14.8. The van der Waals surface area contributed by atoms with Crippen molar-refractivity contribution < 1.29 is 4.79 Å². The number of para-hydroxylation sites is 1. The summed E-state index contributed by atoms with van der Waals surface area (Å²) in [6, 6.07) is 12.1. The van der Waals surface area contributed by atoms with Crippen molar-refractivity contribution >= 4 is 35.1 Å². The number of nitrogens with zero attached hydrogens (tertiary/aromatic N) is 4. The van der Waals surface area contributed by atoms with Gasteiger partial charge in [-0.2, -0.15) is 0 Å². The van der Waals surface area contributed by atoms with Crippen LogP contribution in [0.1, 0.15) is 18.9 Å². The number of thioether (sulfide) groups is 2. The molecule has 1 aliphatic rings. The van der Waals surface area contributed by atoms with Gasteiger partial charge in [0.2, 0.25) is 5.91 Å². The second kappa shape index (κ2) is 8.14. The number of carbonyl (C=O) groups is 1. The zero-order chi connectivity index (χ0) is 18.6. The molecule has 0 radical (unpaired) electrons. The number of benzene rings is 1. The molecule has 0 spiro atoms. The van der Waals surface area contributed by atoms with Crippen molar-refractivity contribution in [2.75, 3.05) is 17.3 Å². The van der Waals surface area contributed by atoms with Crippen LogP contribution in [0.2, 0.25) is 0 Å². The van der Waals surface area contributed by atoms with E-state index < -0.39 is 0 Å². The molecule has 1 N–H and O–H groups in total. The first-order valence-electron chi connectivity index (χ1n) is 8.67. The van der Waals surface area contributed by atoms with Crippen LogP contribution >= 0.6 is 23.5 Å². The van der Waals surface area contributed by atoms with Gasteiger partial charge in [-0.3, -0.25) is 14.3 Å². The van der Waals surface area contributed by atoms with Gasteiger partial charge in [-0.25, -0.2) is 0 Å². The van der Waals surface area contributed by atoms with E-state index in [0.717, 1.165) is 40.0 Å². The number of pyridine rings is 1. The average molecular weight is 398 g/mol. The monoisotopic (exact) mass is 397 g/mol. The van der Waals surface area contributed by atoms with Crippen LogP contribution in [0.15, 0.2) is 58.8 Å². The maximum atomic E-state index is 12.4. The van der Waals surface area contributed by atoms with Crippen LogP contribution in [-0.4, -0.2) is 37.7 Å². The fourth-order valence-corrected chi connectivity index (χ4v) is 4.15. The standard InChI is InChI=1S/C19H19N5OS2/c1-26-16-7-3-2-6-15(16)21-17(25)12-27-19-23-22-18(24(19)14-8-9-14)13-5-4-10-20-11-13/h2-7,10-11,14H,8-9,12H2,1H3,(H,21,25). The van der Waals surface area contributed by atoms with Crippen LogP contribution in [-0.2, 0) is 4.79 Å². The molecule has 4 rings (SSSR count). The number of rotatable bonds is 7. The summed E-state index contributed by atoms with van der Waals surface area (Å²) in [5.41, 5.74) is 1.79. The topological polar surface area (TPSA) is 72.7 Å². The van der Waals surface area contributed by atoms with Crippen molar-refractivity contribution in [2.24, 2.45) is 0 Å². The van der Waals surface area contributed by atoms with Gasteiger partial charge < -0.3 is 5.32 Å². The number of carbonyl (C=O) groups excluding carboxylic acids is 1. The lowest BCUT2D eigenvalue weighted by Crippen LogP contribution is -2.15. The summed E-state index contributed by atoms with van der Waals surface area (Å²) < 4.78 is 2.14. The zero-order valence-corrected chi connectivity index (χ0v) is 16.5. The molecule has 1 aliphatic carbocycles. The van der Waals surface area contributed by atoms with Crippen LogP contribution in [0.4, 0.5) is 5.69 Å². The SMILES string of the molecule is CSc1ccccc1NC(=O)CSc1nnc(-c2cccnc2)n1C1CC1. The molecular weight excluding hydrogens is 378 g/mol. The number of hydrogen-bond acceptors (Lipinski definition) is 6. The molecule has 0 bridgehead atoms. The average Bonchev–Trinajstić information content (AvgIpc) is 3.46. The highest BCUT2D eigenvalue weighted by Crippen LogP contribution is 2.41. The molecule has 2 heterocycles. The minimum atomic E-state index is -0.0465. The van der Waals surface area contributed by atoms with Gasteiger partial charge in [-0.15, -0.1) is 22.0 Å². The summed E-state index contributed by atoms with van der Waals surface area (Å²) in [7, 11) is 0. The van der Waals surface area contributed by atoms with E-state index in [4.69, 9.17) is 0 Å². The third-order valence-corrected chi connectivity index (χ3v) is 5.95. The van der Waals surface area contributed by atoms with Gasteiger partial charge in [-0.05, 0) is 43.4 Å². The lowest BCUT2D eigenvalue weighted by atomic mass is 10.3. The smallest absolute Gasteiger partial charge is 0.234 e. The van der Waals surface area contributed by atoms with Crippen molar-refractivity contribution in [1.29, 1.82) is 0 Å². The predicted molar refractivity (Wildman–Crippen MR) is 109 cm³/mol. The summed E-state index contributed by atoms with van der Waals surface area (Å²) in [6.07, 6.45) is 7.77. The van der Waals surface area contributed by atoms with E-state index in [1.165, 1.54) is 11.8 Å². The van der Waals surface area contributed by atoms with Crippen LogP contribution in [0.25, 0.3) is 11.4 Å². The molecule has 8 heteroatoms. The Labute approximate surface area is 166 Å². The molecule has 6 nitrogen and oxygen atoms in total. The van der Waals surface area contributed by atoms with Crippen LogP contribution in [0.3, 0.4) is 0 Å². The summed E-state index contributed by atoms with van der Waals surface area (Å²) in [5.74, 6) is 1.07. The maximum absolute atomic E-state index is 12.4. The molecule has 0 saturated heterocycles. The van der Waals surface area contributed by atoms with Gasteiger partial charge in [0.1, 0.15) is 0 Å². The molecule has 0 atom stereocenters. The maximum Gasteiger partial charge on any atom is 0.234 e. The Kier molecular flexibility index (Phi) is 5.45. The van der Waals surface area contributed by atoms with E-state index in [9.17, 15) is 4.79 Å². The van der Waals surface area contributed by atoms with Gasteiger partial charge in [-0.1, -0.05) is 23.9 Å². The van der Waals surface area contributed by atoms with Crippen LogP contribution < -0.4 is 5.32 Å². The molecule has 138 valence electrons. The van der Waals surface area contributed by atoms with Crippen molar-refractivity contribution in [3.05, 3.63) is 48.8 Å². The second-order valence-electron chi connectivity index (χ2n) is 6.19. The molecule has 1 amide bonds. The molecule has 3 aromatic rings. The van der Waals surface area contributed by atoms with Crippen molar-refractivity contribution in [1.82, 2.24) is 19.7 Å². The molecule has 27 heavy (non-hydrogen) atoms. The molecular formula is C19H19N5OS2. The second-order valence-corrected chi connectivity index (χ2v) is 7.98. The summed E-state index contributed by atoms with van der Waals surface area (Å²) in [4.78, 5) is 17.6. The Hall–Kier alpha value is -2.32. The first kappa shape index (κ1) is 18.1. The van der Waals surface area contributed by atoms with E-state index >= 15 is 0 Å². The summed E-state index contributed by atoms with van der Waals surface area (Å²) in [5, 5.41) is 12.5. The first-order chi connectivity index (χ1) is 13.3. The van der Waals surface area contributed by atoms with Crippen molar-refractivity contribution in [3.63, 3.8) is 0 Å². The van der Waals surface area contributed by atoms with E-state index in [2.05, 4.69) is 25.1 Å². The number of anilines is 1. The molecule has 0 aliphatic heterocycles. The number of aromatic nitrogens is 4. The van der Waals surface area contributed by atoms with Gasteiger partial charge in [0.05, 0.1) is 11.4 Å². The van der Waals surface area contributed by atoms with Crippen LogP contribution in [0.5, 0.6) is 0 Å². The number of nitrogens with one attached hydrogen (secondary N) is 1.